The van der Waals surface area contributed by atoms with Gasteiger partial charge in [-0.2, -0.15) is 0 Å². The lowest BCUT2D eigenvalue weighted by Gasteiger charge is -2.35. The molecule has 15 heavy (non-hydrogen) atoms. The van der Waals surface area contributed by atoms with Crippen molar-refractivity contribution in [2.24, 2.45) is 5.92 Å². The van der Waals surface area contributed by atoms with Crippen LogP contribution in [0.4, 0.5) is 0 Å². The highest BCUT2D eigenvalue weighted by Crippen LogP contribution is 2.22. The van der Waals surface area contributed by atoms with Crippen LogP contribution < -0.4 is 0 Å². The van der Waals surface area contributed by atoms with Gasteiger partial charge in [0.25, 0.3) is 0 Å². The van der Waals surface area contributed by atoms with Crippen molar-refractivity contribution in [3.63, 3.8) is 0 Å². The molecular weight excluding hydrogens is 186 g/mol. The number of rotatable bonds is 2. The molecule has 0 radical (unpaired) electrons. The standard InChI is InChI=1S/C13H23NO/c1-6-12(15-13(3,4)5)14-9-7-8-11(2)10-14/h11H,1,7-10H2,2-5H3/t11-/m1/s1. The summed E-state index contributed by atoms with van der Waals surface area (Å²) in [7, 11) is 0. The van der Waals surface area contributed by atoms with Gasteiger partial charge in [0, 0.05) is 13.1 Å². The minimum Gasteiger partial charge on any atom is -0.468 e. The van der Waals surface area contributed by atoms with Crippen LogP contribution in [0, 0.1) is 5.92 Å². The summed E-state index contributed by atoms with van der Waals surface area (Å²) in [6.07, 6.45) is 2.55. The number of ether oxygens (including phenoxy) is 1. The molecule has 2 nitrogen and oxygen atoms in total. The largest absolute Gasteiger partial charge is 0.468 e. The van der Waals surface area contributed by atoms with E-state index in [1.807, 2.05) is 0 Å². The zero-order valence-corrected chi connectivity index (χ0v) is 10.5. The van der Waals surface area contributed by atoms with Crippen LogP contribution in [0.5, 0.6) is 0 Å². The van der Waals surface area contributed by atoms with Crippen LogP contribution in [0.3, 0.4) is 0 Å². The van der Waals surface area contributed by atoms with E-state index in [1.165, 1.54) is 12.8 Å². The van der Waals surface area contributed by atoms with Crippen LogP contribution in [0.15, 0.2) is 18.2 Å². The number of hydrogen-bond donors (Lipinski definition) is 0. The van der Waals surface area contributed by atoms with Crippen molar-refractivity contribution in [2.75, 3.05) is 13.1 Å². The molecule has 0 aromatic rings. The molecule has 0 aromatic heterocycles. The first-order valence-corrected chi connectivity index (χ1v) is 5.76. The minimum atomic E-state index is -0.166. The maximum atomic E-state index is 5.84. The van der Waals surface area contributed by atoms with Gasteiger partial charge in [0.2, 0.25) is 5.88 Å². The average molecular weight is 209 g/mol. The molecule has 1 rings (SSSR count). The lowest BCUT2D eigenvalue weighted by atomic mass is 10.0. The number of hydrogen-bond acceptors (Lipinski definition) is 2. The zero-order valence-electron chi connectivity index (χ0n) is 10.5. The predicted octanol–water partition coefficient (Wildman–Crippen LogP) is 3.16. The Bertz CT molecular complexity index is 258. The van der Waals surface area contributed by atoms with Crippen molar-refractivity contribution in [3.8, 4) is 0 Å². The third-order valence-electron chi connectivity index (χ3n) is 2.50. The summed E-state index contributed by atoms with van der Waals surface area (Å²) >= 11 is 0. The van der Waals surface area contributed by atoms with Crippen LogP contribution in [0.2, 0.25) is 0 Å². The molecule has 0 amide bonds. The Hall–Kier alpha value is -0.880. The van der Waals surface area contributed by atoms with Crippen LogP contribution in [-0.4, -0.2) is 23.6 Å². The molecule has 86 valence electrons. The Balaban J connectivity index is 2.63. The monoisotopic (exact) mass is 209 g/mol. The van der Waals surface area contributed by atoms with Crippen LogP contribution >= 0.6 is 0 Å². The smallest absolute Gasteiger partial charge is 0.235 e. The van der Waals surface area contributed by atoms with E-state index in [0.29, 0.717) is 0 Å². The molecule has 0 aromatic carbocycles. The van der Waals surface area contributed by atoms with Gasteiger partial charge in [-0.05, 0) is 39.5 Å². The SMILES string of the molecule is C=C=C(OC(C)(C)C)N1CCC[C@@H](C)C1. The van der Waals surface area contributed by atoms with Crippen molar-refractivity contribution >= 4 is 0 Å². The number of piperidine rings is 1. The second kappa shape index (κ2) is 4.76. The van der Waals surface area contributed by atoms with E-state index in [-0.39, 0.29) is 5.60 Å². The zero-order chi connectivity index (χ0) is 11.5. The molecule has 0 bridgehead atoms. The Morgan fingerprint density at radius 3 is 2.60 bits per heavy atom. The quantitative estimate of drug-likeness (QED) is 0.511. The van der Waals surface area contributed by atoms with E-state index in [9.17, 15) is 0 Å². The first kappa shape index (κ1) is 12.2. The highest BCUT2D eigenvalue weighted by Gasteiger charge is 2.22. The molecule has 0 N–H and O–H groups in total. The summed E-state index contributed by atoms with van der Waals surface area (Å²) in [5.41, 5.74) is 2.75. The maximum Gasteiger partial charge on any atom is 0.235 e. The maximum absolute atomic E-state index is 5.84. The number of nitrogens with zero attached hydrogens (tertiary/aromatic N) is 1. The van der Waals surface area contributed by atoms with Gasteiger partial charge in [0.1, 0.15) is 5.60 Å². The second-order valence-corrected chi connectivity index (χ2v) is 5.39. The molecule has 1 aliphatic heterocycles. The third-order valence-corrected chi connectivity index (χ3v) is 2.50. The molecule has 0 saturated carbocycles. The fraction of sp³-hybridized carbons (Fsp3) is 0.769. The second-order valence-electron chi connectivity index (χ2n) is 5.39. The summed E-state index contributed by atoms with van der Waals surface area (Å²) in [4.78, 5) is 2.26. The van der Waals surface area contributed by atoms with E-state index in [2.05, 4.69) is 44.9 Å². The lowest BCUT2D eigenvalue weighted by molar-refractivity contribution is -0.00719. The third kappa shape index (κ3) is 4.01. The lowest BCUT2D eigenvalue weighted by Crippen LogP contribution is -2.36. The molecule has 0 spiro atoms. The molecule has 1 saturated heterocycles. The molecule has 1 fully saturated rings. The van der Waals surface area contributed by atoms with Crippen molar-refractivity contribution < 1.29 is 4.74 Å². The van der Waals surface area contributed by atoms with Gasteiger partial charge in [0.15, 0.2) is 0 Å². The van der Waals surface area contributed by atoms with Gasteiger partial charge in [-0.25, -0.2) is 0 Å². The van der Waals surface area contributed by atoms with Crippen molar-refractivity contribution in [1.29, 1.82) is 0 Å². The summed E-state index contributed by atoms with van der Waals surface area (Å²) < 4.78 is 5.84. The molecule has 2 heteroatoms. The van der Waals surface area contributed by atoms with Crippen LogP contribution in [-0.2, 0) is 4.74 Å². The van der Waals surface area contributed by atoms with E-state index >= 15 is 0 Å². The van der Waals surface area contributed by atoms with Gasteiger partial charge >= 0.3 is 0 Å². The molecule has 1 heterocycles. The predicted molar refractivity (Wildman–Crippen MR) is 63.5 cm³/mol. The molecule has 0 aliphatic carbocycles. The Labute approximate surface area is 93.6 Å². The first-order valence-electron chi connectivity index (χ1n) is 5.76. The van der Waals surface area contributed by atoms with E-state index in [4.69, 9.17) is 4.74 Å². The molecule has 1 atom stereocenters. The van der Waals surface area contributed by atoms with Crippen LogP contribution in [0.25, 0.3) is 0 Å². The van der Waals surface area contributed by atoms with Crippen molar-refractivity contribution in [3.05, 3.63) is 18.2 Å². The van der Waals surface area contributed by atoms with Gasteiger partial charge < -0.3 is 9.64 Å². The van der Waals surface area contributed by atoms with E-state index < -0.39 is 0 Å². The normalized spacial score (nSPS) is 22.1. The van der Waals surface area contributed by atoms with E-state index in [0.717, 1.165) is 24.9 Å². The van der Waals surface area contributed by atoms with Crippen molar-refractivity contribution in [1.82, 2.24) is 4.90 Å². The Morgan fingerprint density at radius 2 is 2.13 bits per heavy atom. The fourth-order valence-corrected chi connectivity index (χ4v) is 1.88. The Morgan fingerprint density at radius 1 is 1.47 bits per heavy atom. The van der Waals surface area contributed by atoms with Crippen LogP contribution in [0.1, 0.15) is 40.5 Å². The van der Waals surface area contributed by atoms with Gasteiger partial charge in [-0.3, -0.25) is 0 Å². The summed E-state index contributed by atoms with van der Waals surface area (Å²) in [6, 6.07) is 0. The van der Waals surface area contributed by atoms with Crippen molar-refractivity contribution in [2.45, 2.75) is 46.1 Å². The highest BCUT2D eigenvalue weighted by atomic mass is 16.5. The summed E-state index contributed by atoms with van der Waals surface area (Å²) in [5.74, 6) is 1.56. The first-order chi connectivity index (χ1) is 6.92. The molecule has 0 unspecified atom stereocenters. The average Bonchev–Trinajstić information content (AvgIpc) is 2.13. The fourth-order valence-electron chi connectivity index (χ4n) is 1.88. The Kier molecular flexibility index (Phi) is 3.87. The summed E-state index contributed by atoms with van der Waals surface area (Å²) in [6.45, 7) is 14.3. The highest BCUT2D eigenvalue weighted by molar-refractivity contribution is 4.93. The minimum absolute atomic E-state index is 0.166. The van der Waals surface area contributed by atoms with Gasteiger partial charge in [0.05, 0.1) is 0 Å². The topological polar surface area (TPSA) is 12.5 Å². The summed E-state index contributed by atoms with van der Waals surface area (Å²) in [5, 5.41) is 0. The van der Waals surface area contributed by atoms with Gasteiger partial charge in [-0.15, -0.1) is 0 Å². The molecule has 1 aliphatic rings. The number of likely N-dealkylation sites (tertiary alicyclic amines) is 1. The van der Waals surface area contributed by atoms with E-state index in [1.54, 1.807) is 0 Å². The van der Waals surface area contributed by atoms with Gasteiger partial charge in [-0.1, -0.05) is 19.2 Å². The molecular formula is C13H23NO.